The van der Waals surface area contributed by atoms with Gasteiger partial charge in [-0.05, 0) is 38.0 Å². The van der Waals surface area contributed by atoms with Crippen molar-refractivity contribution in [1.29, 1.82) is 0 Å². The van der Waals surface area contributed by atoms with E-state index in [0.29, 0.717) is 10.3 Å². The van der Waals surface area contributed by atoms with Gasteiger partial charge in [0.15, 0.2) is 11.6 Å². The van der Waals surface area contributed by atoms with Crippen LogP contribution in [0, 0.1) is 14.9 Å². The maximum atomic E-state index is 11.2. The molecule has 0 aliphatic heterocycles. The van der Waals surface area contributed by atoms with Gasteiger partial charge in [-0.2, -0.15) is 14.9 Å². The number of aromatic hydroxyl groups is 1. The Morgan fingerprint density at radius 3 is 2.89 bits per heavy atom. The molecule has 1 fully saturated rings. The van der Waals surface area contributed by atoms with Gasteiger partial charge in [0.05, 0.1) is 17.7 Å². The molecule has 1 aromatic carbocycles. The highest BCUT2D eigenvalue weighted by Gasteiger charge is 2.22. The van der Waals surface area contributed by atoms with Gasteiger partial charge in [-0.3, -0.25) is 15.2 Å². The summed E-state index contributed by atoms with van der Waals surface area (Å²) in [5, 5.41) is 32.6. The minimum Gasteiger partial charge on any atom is -0.500 e. The molecule has 2 N–H and O–H groups in total. The third-order valence-electron chi connectivity index (χ3n) is 4.54. The molecule has 0 amide bonds. The highest BCUT2D eigenvalue weighted by Crippen LogP contribution is 2.37. The molecule has 1 heterocycles. The zero-order valence-corrected chi connectivity index (χ0v) is 15.7. The van der Waals surface area contributed by atoms with Crippen molar-refractivity contribution in [3.63, 3.8) is 0 Å². The zero-order chi connectivity index (χ0) is 19.4. The molecule has 27 heavy (non-hydrogen) atoms. The normalized spacial score (nSPS) is 15.3. The van der Waals surface area contributed by atoms with Gasteiger partial charge in [0, 0.05) is 17.5 Å². The lowest BCUT2D eigenvalue weighted by Gasteiger charge is -2.19. The van der Waals surface area contributed by atoms with Crippen LogP contribution >= 0.6 is 12.2 Å². The Morgan fingerprint density at radius 2 is 2.22 bits per heavy atom. The summed E-state index contributed by atoms with van der Waals surface area (Å²) in [4.78, 5) is 10.5. The average molecular weight is 391 g/mol. The van der Waals surface area contributed by atoms with Crippen LogP contribution in [0.2, 0.25) is 0 Å². The van der Waals surface area contributed by atoms with Gasteiger partial charge in [-0.1, -0.05) is 19.3 Å². The van der Waals surface area contributed by atoms with Gasteiger partial charge < -0.3 is 9.84 Å². The van der Waals surface area contributed by atoms with E-state index >= 15 is 0 Å². The van der Waals surface area contributed by atoms with Crippen LogP contribution in [0.1, 0.15) is 56.3 Å². The Bertz CT molecular complexity index is 915. The monoisotopic (exact) mass is 391 g/mol. The van der Waals surface area contributed by atoms with Crippen molar-refractivity contribution < 1.29 is 14.8 Å². The second-order valence-electron chi connectivity index (χ2n) is 6.36. The number of benzene rings is 1. The van der Waals surface area contributed by atoms with Crippen LogP contribution < -0.4 is 4.74 Å². The number of rotatable bonds is 6. The van der Waals surface area contributed by atoms with Crippen LogP contribution in [-0.4, -0.2) is 37.7 Å². The Balaban J connectivity index is 1.95. The molecule has 10 heteroatoms. The number of hydrogen-bond donors (Lipinski definition) is 2. The molecule has 1 aliphatic carbocycles. The third-order valence-corrected chi connectivity index (χ3v) is 4.81. The first kappa shape index (κ1) is 19.0. The predicted octanol–water partition coefficient (Wildman–Crippen LogP) is 3.88. The van der Waals surface area contributed by atoms with Gasteiger partial charge in [0.2, 0.25) is 10.5 Å². The number of hydrogen-bond acceptors (Lipinski definition) is 7. The molecule has 1 aromatic heterocycles. The summed E-state index contributed by atoms with van der Waals surface area (Å²) < 4.78 is 7.21. The summed E-state index contributed by atoms with van der Waals surface area (Å²) in [6.07, 6.45) is 7.04. The van der Waals surface area contributed by atoms with Crippen LogP contribution in [0.15, 0.2) is 17.2 Å². The van der Waals surface area contributed by atoms with Gasteiger partial charge in [-0.15, -0.1) is 0 Å². The molecule has 2 aromatic rings. The third kappa shape index (κ3) is 4.16. The Hall–Kier alpha value is -2.75. The summed E-state index contributed by atoms with van der Waals surface area (Å²) in [7, 11) is 0. The number of nitrogens with zero attached hydrogens (tertiary/aromatic N) is 4. The molecule has 1 aliphatic rings. The van der Waals surface area contributed by atoms with Gasteiger partial charge in [-0.25, -0.2) is 0 Å². The minimum absolute atomic E-state index is 0.0384. The first-order chi connectivity index (χ1) is 13.0. The molecule has 3 rings (SSSR count). The van der Waals surface area contributed by atoms with Crippen molar-refractivity contribution in [2.45, 2.75) is 44.9 Å². The van der Waals surface area contributed by atoms with E-state index in [1.165, 1.54) is 24.8 Å². The predicted molar refractivity (Wildman–Crippen MR) is 102 cm³/mol. The molecule has 0 radical (unpaired) electrons. The topological polar surface area (TPSA) is 119 Å². The van der Waals surface area contributed by atoms with Crippen molar-refractivity contribution in [1.82, 2.24) is 14.9 Å². The lowest BCUT2D eigenvalue weighted by atomic mass is 9.89. The Morgan fingerprint density at radius 1 is 1.48 bits per heavy atom. The fraction of sp³-hybridized carbons (Fsp3) is 0.471. The van der Waals surface area contributed by atoms with E-state index in [-0.39, 0.29) is 18.3 Å². The number of nitro groups is 1. The lowest BCUT2D eigenvalue weighted by molar-refractivity contribution is -0.386. The molecule has 0 unspecified atom stereocenters. The fourth-order valence-electron chi connectivity index (χ4n) is 3.26. The number of ether oxygens (including phenoxy) is 1. The van der Waals surface area contributed by atoms with E-state index in [0.717, 1.165) is 31.5 Å². The Kier molecular flexibility index (Phi) is 5.84. The first-order valence-electron chi connectivity index (χ1n) is 8.87. The molecule has 0 saturated heterocycles. The minimum atomic E-state index is -0.661. The van der Waals surface area contributed by atoms with E-state index in [9.17, 15) is 15.2 Å². The summed E-state index contributed by atoms with van der Waals surface area (Å²) in [5.41, 5.74) is -0.0219. The number of phenols is 1. The number of aromatic nitrogens is 3. The van der Waals surface area contributed by atoms with E-state index in [4.69, 9.17) is 17.0 Å². The number of nitrogens with one attached hydrogen (secondary N) is 1. The second-order valence-corrected chi connectivity index (χ2v) is 6.74. The van der Waals surface area contributed by atoms with Crippen LogP contribution in [0.4, 0.5) is 5.69 Å². The number of phenolic OH excluding ortho intramolecular Hbond substituents is 1. The highest BCUT2D eigenvalue weighted by molar-refractivity contribution is 7.71. The second kappa shape index (κ2) is 8.30. The largest absolute Gasteiger partial charge is 0.500 e. The standard InChI is InChI=1S/C17H21N5O4S/c1-2-26-14-9-11(8-13(15(14)23)22(24)25)10-18-21-16(19-20-17(21)27)12-6-4-3-5-7-12/h8-10,12,23H,2-7H2,1H3,(H,20,27)/b18-10-. The van der Waals surface area contributed by atoms with Crippen molar-refractivity contribution in [2.24, 2.45) is 5.10 Å². The molecular weight excluding hydrogens is 370 g/mol. The van der Waals surface area contributed by atoms with E-state index in [1.54, 1.807) is 11.6 Å². The maximum absolute atomic E-state index is 11.2. The van der Waals surface area contributed by atoms with E-state index < -0.39 is 16.4 Å². The lowest BCUT2D eigenvalue weighted by Crippen LogP contribution is -2.10. The molecular formula is C17H21N5O4S. The molecule has 144 valence electrons. The van der Waals surface area contributed by atoms with Crippen LogP contribution in [0.25, 0.3) is 0 Å². The van der Waals surface area contributed by atoms with Crippen molar-refractivity contribution >= 4 is 24.1 Å². The van der Waals surface area contributed by atoms with Gasteiger partial charge in [0.1, 0.15) is 0 Å². The molecule has 9 nitrogen and oxygen atoms in total. The summed E-state index contributed by atoms with van der Waals surface area (Å²) in [6, 6.07) is 2.74. The van der Waals surface area contributed by atoms with Crippen LogP contribution in [0.5, 0.6) is 11.5 Å². The summed E-state index contributed by atoms with van der Waals surface area (Å²) in [5.74, 6) is 0.601. The first-order valence-corrected chi connectivity index (χ1v) is 9.28. The smallest absolute Gasteiger partial charge is 0.315 e. The van der Waals surface area contributed by atoms with Gasteiger partial charge in [0.25, 0.3) is 0 Å². The van der Waals surface area contributed by atoms with Crippen molar-refractivity contribution in [2.75, 3.05) is 6.61 Å². The summed E-state index contributed by atoms with van der Waals surface area (Å²) in [6.45, 7) is 2.00. The van der Waals surface area contributed by atoms with Crippen LogP contribution in [-0.2, 0) is 0 Å². The summed E-state index contributed by atoms with van der Waals surface area (Å²) >= 11 is 5.27. The number of nitro benzene ring substituents is 1. The van der Waals surface area contributed by atoms with Crippen molar-refractivity contribution in [3.8, 4) is 11.5 Å². The van der Waals surface area contributed by atoms with Gasteiger partial charge >= 0.3 is 5.69 Å². The maximum Gasteiger partial charge on any atom is 0.315 e. The highest BCUT2D eigenvalue weighted by atomic mass is 32.1. The Labute approximate surface area is 160 Å². The molecule has 0 spiro atoms. The fourth-order valence-corrected chi connectivity index (χ4v) is 3.44. The molecule has 0 bridgehead atoms. The quantitative estimate of drug-likeness (QED) is 0.334. The number of aromatic amines is 1. The van der Waals surface area contributed by atoms with E-state index in [2.05, 4.69) is 15.3 Å². The average Bonchev–Trinajstić information content (AvgIpc) is 3.03. The van der Waals surface area contributed by atoms with E-state index in [1.807, 2.05) is 0 Å². The zero-order valence-electron chi connectivity index (χ0n) is 14.9. The molecule has 1 saturated carbocycles. The SMILES string of the molecule is CCOc1cc(/C=N\n2c(C3CCCCC3)n[nH]c2=S)cc([N+](=O)[O-])c1O. The van der Waals surface area contributed by atoms with Crippen LogP contribution in [0.3, 0.4) is 0 Å². The number of H-pyrrole nitrogens is 1. The van der Waals surface area contributed by atoms with Crippen molar-refractivity contribution in [3.05, 3.63) is 38.4 Å². The molecule has 0 atom stereocenters.